The standard InChI is InChI=1S/C8H18BN3O4S/c9-17-8-7(15)5(12(11)2-1-10)6(14)4(3-13)16-8/h1-2,4-8,13-15H,3,9-11H2/b2-1-. The molecule has 0 amide bonds. The van der Waals surface area contributed by atoms with Crippen LogP contribution in [0.3, 0.4) is 0 Å². The molecule has 7 N–H and O–H groups in total. The fraction of sp³-hybridized carbons (Fsp3) is 0.750. The number of rotatable bonds is 4. The van der Waals surface area contributed by atoms with E-state index in [1.165, 1.54) is 24.0 Å². The van der Waals surface area contributed by atoms with E-state index >= 15 is 0 Å². The van der Waals surface area contributed by atoms with Gasteiger partial charge < -0.3 is 30.8 Å². The van der Waals surface area contributed by atoms with Gasteiger partial charge >= 0.3 is 0 Å². The molecule has 5 atom stereocenters. The molecule has 7 nitrogen and oxygen atoms in total. The summed E-state index contributed by atoms with van der Waals surface area (Å²) in [6.07, 6.45) is -0.313. The summed E-state index contributed by atoms with van der Waals surface area (Å²) >= 11 is 1.28. The average molecular weight is 263 g/mol. The second-order valence-electron chi connectivity index (χ2n) is 3.72. The number of hydrazine groups is 1. The highest BCUT2D eigenvalue weighted by atomic mass is 32.2. The van der Waals surface area contributed by atoms with Gasteiger partial charge in [-0.25, -0.2) is 5.84 Å². The second kappa shape index (κ2) is 6.48. The van der Waals surface area contributed by atoms with E-state index in [1.54, 1.807) is 7.12 Å². The number of hydrogen-bond donors (Lipinski definition) is 5. The molecule has 0 bridgehead atoms. The van der Waals surface area contributed by atoms with E-state index in [1.807, 2.05) is 0 Å². The minimum atomic E-state index is -1.10. The molecule has 0 aromatic heterocycles. The van der Waals surface area contributed by atoms with Crippen molar-refractivity contribution in [2.45, 2.75) is 29.8 Å². The lowest BCUT2D eigenvalue weighted by molar-refractivity contribution is -0.183. The van der Waals surface area contributed by atoms with Gasteiger partial charge in [0, 0.05) is 12.4 Å². The van der Waals surface area contributed by atoms with E-state index in [-0.39, 0.29) is 6.61 Å². The van der Waals surface area contributed by atoms with Crippen LogP contribution in [0.1, 0.15) is 0 Å². The molecule has 5 unspecified atom stereocenters. The lowest BCUT2D eigenvalue weighted by Gasteiger charge is -2.44. The average Bonchev–Trinajstić information content (AvgIpc) is 2.30. The van der Waals surface area contributed by atoms with Crippen LogP contribution < -0.4 is 11.6 Å². The second-order valence-corrected chi connectivity index (χ2v) is 4.66. The van der Waals surface area contributed by atoms with Crippen molar-refractivity contribution >= 4 is 18.7 Å². The molecule has 0 aromatic carbocycles. The SMILES string of the molecule is BSC1OC(CO)C(O)C(N(N)/C=C\N)C1O. The van der Waals surface area contributed by atoms with Gasteiger partial charge in [0.25, 0.3) is 0 Å². The fourth-order valence-corrected chi connectivity index (χ4v) is 2.51. The molecular formula is C8H18BN3O4S. The molecule has 1 rings (SSSR count). The summed E-state index contributed by atoms with van der Waals surface area (Å²) in [7, 11) is 1.76. The first-order chi connectivity index (χ1) is 8.06. The van der Waals surface area contributed by atoms with E-state index in [9.17, 15) is 10.2 Å². The number of aliphatic hydroxyl groups excluding tert-OH is 3. The maximum absolute atomic E-state index is 10.0. The Morgan fingerprint density at radius 2 is 2.06 bits per heavy atom. The van der Waals surface area contributed by atoms with Crippen molar-refractivity contribution in [3.8, 4) is 0 Å². The molecule has 17 heavy (non-hydrogen) atoms. The highest BCUT2D eigenvalue weighted by Gasteiger charge is 2.45. The molecule has 1 aliphatic heterocycles. The Labute approximate surface area is 105 Å². The van der Waals surface area contributed by atoms with E-state index in [0.717, 1.165) is 5.01 Å². The molecule has 98 valence electrons. The van der Waals surface area contributed by atoms with Gasteiger partial charge in [-0.1, -0.05) is 0 Å². The maximum atomic E-state index is 10.0. The summed E-state index contributed by atoms with van der Waals surface area (Å²) in [5, 5.41) is 30.2. The predicted molar refractivity (Wildman–Crippen MR) is 67.0 cm³/mol. The van der Waals surface area contributed by atoms with Gasteiger partial charge in [-0.15, -0.1) is 0 Å². The molecule has 1 heterocycles. The molecule has 0 aliphatic carbocycles. The topological polar surface area (TPSA) is 125 Å². The zero-order valence-corrected chi connectivity index (χ0v) is 10.3. The van der Waals surface area contributed by atoms with Crippen LogP contribution in [0.4, 0.5) is 0 Å². The summed E-state index contributed by atoms with van der Waals surface area (Å²) < 4.78 is 5.34. The van der Waals surface area contributed by atoms with Crippen LogP contribution in [-0.4, -0.2) is 63.8 Å². The van der Waals surface area contributed by atoms with Gasteiger partial charge in [-0.2, -0.15) is 11.6 Å². The quantitative estimate of drug-likeness (QED) is 0.203. The first-order valence-corrected chi connectivity index (χ1v) is 6.42. The van der Waals surface area contributed by atoms with Crippen molar-refractivity contribution in [2.75, 3.05) is 6.61 Å². The zero-order valence-electron chi connectivity index (χ0n) is 9.51. The first-order valence-electron chi connectivity index (χ1n) is 5.13. The van der Waals surface area contributed by atoms with Crippen molar-refractivity contribution in [2.24, 2.45) is 11.6 Å². The summed E-state index contributed by atoms with van der Waals surface area (Å²) in [4.78, 5) is 0. The molecular weight excluding hydrogens is 245 g/mol. The van der Waals surface area contributed by atoms with Gasteiger partial charge in [0.1, 0.15) is 29.8 Å². The highest BCUT2D eigenvalue weighted by Crippen LogP contribution is 2.28. The lowest BCUT2D eigenvalue weighted by Crippen LogP contribution is -2.64. The van der Waals surface area contributed by atoms with Crippen molar-refractivity contribution < 1.29 is 20.1 Å². The zero-order chi connectivity index (χ0) is 13.0. The van der Waals surface area contributed by atoms with Gasteiger partial charge in [0.05, 0.1) is 6.61 Å². The van der Waals surface area contributed by atoms with Crippen LogP contribution in [0.15, 0.2) is 12.4 Å². The minimum absolute atomic E-state index is 0.346. The van der Waals surface area contributed by atoms with Crippen LogP contribution in [0.25, 0.3) is 0 Å². The third-order valence-corrected chi connectivity index (χ3v) is 3.54. The summed E-state index contributed by atoms with van der Waals surface area (Å²) in [6.45, 7) is -0.346. The van der Waals surface area contributed by atoms with Gasteiger partial charge in [-0.3, -0.25) is 0 Å². The summed E-state index contributed by atoms with van der Waals surface area (Å²) in [5.74, 6) is 5.67. The summed E-state index contributed by atoms with van der Waals surface area (Å²) in [5.41, 5.74) is 4.65. The molecule has 0 aromatic rings. The molecule has 0 saturated carbocycles. The van der Waals surface area contributed by atoms with Gasteiger partial charge in [0.15, 0.2) is 7.12 Å². The van der Waals surface area contributed by atoms with E-state index < -0.39 is 29.8 Å². The highest BCUT2D eigenvalue weighted by molar-refractivity contribution is 8.20. The predicted octanol–water partition coefficient (Wildman–Crippen LogP) is -3.32. The molecule has 0 spiro atoms. The first kappa shape index (κ1) is 14.6. The van der Waals surface area contributed by atoms with E-state index in [4.69, 9.17) is 21.4 Å². The number of ether oxygens (including phenoxy) is 1. The largest absolute Gasteiger partial charge is 0.403 e. The summed E-state index contributed by atoms with van der Waals surface area (Å²) in [6, 6.07) is -0.779. The van der Waals surface area contributed by atoms with Crippen LogP contribution in [0, 0.1) is 0 Å². The number of aliphatic hydroxyl groups is 3. The Bertz CT molecular complexity index is 257. The van der Waals surface area contributed by atoms with Crippen molar-refractivity contribution in [3.05, 3.63) is 12.4 Å². The third-order valence-electron chi connectivity index (χ3n) is 2.68. The van der Waals surface area contributed by atoms with Crippen molar-refractivity contribution in [1.82, 2.24) is 5.01 Å². The third kappa shape index (κ3) is 3.06. The number of nitrogens with zero attached hydrogens (tertiary/aromatic N) is 1. The Morgan fingerprint density at radius 1 is 1.41 bits per heavy atom. The maximum Gasteiger partial charge on any atom is 0.177 e. The molecule has 0 radical (unpaired) electrons. The monoisotopic (exact) mass is 263 g/mol. The molecule has 1 fully saturated rings. The minimum Gasteiger partial charge on any atom is -0.403 e. The number of nitrogens with two attached hydrogens (primary N) is 2. The van der Waals surface area contributed by atoms with Gasteiger partial charge in [-0.05, 0) is 0 Å². The van der Waals surface area contributed by atoms with Crippen LogP contribution in [0.5, 0.6) is 0 Å². The van der Waals surface area contributed by atoms with Crippen molar-refractivity contribution in [3.63, 3.8) is 0 Å². The van der Waals surface area contributed by atoms with Crippen LogP contribution in [0.2, 0.25) is 0 Å². The van der Waals surface area contributed by atoms with Crippen molar-refractivity contribution in [1.29, 1.82) is 0 Å². The van der Waals surface area contributed by atoms with Gasteiger partial charge in [0.2, 0.25) is 0 Å². The molecule has 9 heteroatoms. The van der Waals surface area contributed by atoms with Crippen LogP contribution >= 0.6 is 11.6 Å². The smallest absolute Gasteiger partial charge is 0.177 e. The molecule has 1 aliphatic rings. The Kier molecular flexibility index (Phi) is 5.57. The van der Waals surface area contributed by atoms with E-state index in [2.05, 4.69) is 0 Å². The fourth-order valence-electron chi connectivity index (χ4n) is 1.81. The Morgan fingerprint density at radius 3 is 2.53 bits per heavy atom. The normalized spacial score (nSPS) is 38.5. The Balaban J connectivity index is 2.88. The molecule has 1 saturated heterocycles. The van der Waals surface area contributed by atoms with Crippen LogP contribution in [-0.2, 0) is 4.74 Å². The lowest BCUT2D eigenvalue weighted by atomic mass is 9.97. The Hall–Kier alpha value is -0.445. The van der Waals surface area contributed by atoms with E-state index in [0.29, 0.717) is 0 Å². The number of hydrogen-bond acceptors (Lipinski definition) is 8.